The van der Waals surface area contributed by atoms with Gasteiger partial charge in [0, 0.05) is 17.6 Å². The fraction of sp³-hybridized carbons (Fsp3) is 0.556. The molecule has 26 heavy (non-hydrogen) atoms. The highest BCUT2D eigenvalue weighted by Gasteiger charge is 2.40. The standard InChI is InChI=1S/C18H20F3N3O2/c19-18(20,21)17-24-13-8-12(4-5-14(13)26-17)23-16(25)11-6-9-2-1-3-10(7-11)15(9)22/h4-5,8-11,15H,1-3,6-7,22H2,(H,23,25). The molecule has 2 atom stereocenters. The Morgan fingerprint density at radius 3 is 2.58 bits per heavy atom. The number of carbonyl (C=O) groups excluding carboxylic acids is 1. The van der Waals surface area contributed by atoms with Crippen molar-refractivity contribution in [3.8, 4) is 0 Å². The molecule has 1 heterocycles. The van der Waals surface area contributed by atoms with Crippen LogP contribution in [0.1, 0.15) is 38.0 Å². The van der Waals surface area contributed by atoms with E-state index < -0.39 is 12.1 Å². The van der Waals surface area contributed by atoms with Gasteiger partial charge in [0.2, 0.25) is 5.91 Å². The molecule has 1 amide bonds. The smallest absolute Gasteiger partial charge is 0.433 e. The number of benzene rings is 1. The minimum absolute atomic E-state index is 0.0356. The zero-order valence-electron chi connectivity index (χ0n) is 14.1. The van der Waals surface area contributed by atoms with E-state index in [1.807, 2.05) is 0 Å². The molecule has 140 valence electrons. The van der Waals surface area contributed by atoms with E-state index in [1.165, 1.54) is 24.6 Å². The number of oxazole rings is 1. The van der Waals surface area contributed by atoms with E-state index >= 15 is 0 Å². The zero-order valence-corrected chi connectivity index (χ0v) is 14.1. The highest BCUT2D eigenvalue weighted by Crippen LogP contribution is 2.42. The van der Waals surface area contributed by atoms with Gasteiger partial charge in [0.15, 0.2) is 5.58 Å². The first-order chi connectivity index (χ1) is 12.3. The number of nitrogens with one attached hydrogen (secondary N) is 1. The van der Waals surface area contributed by atoms with Gasteiger partial charge in [0.25, 0.3) is 0 Å². The van der Waals surface area contributed by atoms with Gasteiger partial charge >= 0.3 is 12.1 Å². The molecule has 0 aliphatic heterocycles. The number of nitrogens with two attached hydrogens (primary N) is 1. The summed E-state index contributed by atoms with van der Waals surface area (Å²) < 4.78 is 42.8. The SMILES string of the molecule is NC1C2CCCC1CC(C(=O)Nc1ccc3oc(C(F)(F)F)nc3c1)C2. The minimum atomic E-state index is -4.64. The fourth-order valence-corrected chi connectivity index (χ4v) is 4.37. The zero-order chi connectivity index (χ0) is 18.5. The van der Waals surface area contributed by atoms with Gasteiger partial charge in [-0.3, -0.25) is 4.79 Å². The Balaban J connectivity index is 1.49. The Kier molecular flexibility index (Phi) is 4.17. The number of anilines is 1. The number of rotatable bonds is 2. The van der Waals surface area contributed by atoms with E-state index in [2.05, 4.69) is 10.3 Å². The summed E-state index contributed by atoms with van der Waals surface area (Å²) in [6, 6.07) is 4.50. The molecule has 0 spiro atoms. The van der Waals surface area contributed by atoms with Crippen molar-refractivity contribution in [2.45, 2.75) is 44.3 Å². The molecule has 0 radical (unpaired) electrons. The monoisotopic (exact) mass is 367 g/mol. The van der Waals surface area contributed by atoms with Crippen LogP contribution in [0.2, 0.25) is 0 Å². The molecule has 0 saturated heterocycles. The van der Waals surface area contributed by atoms with Crippen molar-refractivity contribution in [1.82, 2.24) is 4.98 Å². The number of aromatic nitrogens is 1. The van der Waals surface area contributed by atoms with Crippen molar-refractivity contribution in [3.63, 3.8) is 0 Å². The van der Waals surface area contributed by atoms with Crippen molar-refractivity contribution in [1.29, 1.82) is 0 Å². The summed E-state index contributed by atoms with van der Waals surface area (Å²) in [7, 11) is 0. The van der Waals surface area contributed by atoms with E-state index in [-0.39, 0.29) is 29.0 Å². The van der Waals surface area contributed by atoms with E-state index in [9.17, 15) is 18.0 Å². The highest BCUT2D eigenvalue weighted by molar-refractivity contribution is 5.94. The van der Waals surface area contributed by atoms with Gasteiger partial charge in [-0.05, 0) is 55.7 Å². The predicted molar refractivity (Wildman–Crippen MR) is 89.2 cm³/mol. The number of halogens is 3. The van der Waals surface area contributed by atoms with Crippen molar-refractivity contribution >= 4 is 22.7 Å². The molecular formula is C18H20F3N3O2. The van der Waals surface area contributed by atoms with Crippen molar-refractivity contribution < 1.29 is 22.4 Å². The molecular weight excluding hydrogens is 347 g/mol. The first-order valence-electron chi connectivity index (χ1n) is 8.85. The number of alkyl halides is 3. The van der Waals surface area contributed by atoms with Crippen LogP contribution >= 0.6 is 0 Å². The molecule has 1 aromatic heterocycles. The van der Waals surface area contributed by atoms with Crippen LogP contribution in [0, 0.1) is 17.8 Å². The third kappa shape index (κ3) is 3.18. The number of hydrogen-bond donors (Lipinski definition) is 2. The Morgan fingerprint density at radius 2 is 1.92 bits per heavy atom. The molecule has 2 aliphatic rings. The molecule has 3 N–H and O–H groups in total. The molecule has 2 bridgehead atoms. The van der Waals surface area contributed by atoms with Crippen LogP contribution in [0.5, 0.6) is 0 Å². The van der Waals surface area contributed by atoms with Crippen LogP contribution in [-0.4, -0.2) is 16.9 Å². The van der Waals surface area contributed by atoms with E-state index in [0.717, 1.165) is 25.7 Å². The van der Waals surface area contributed by atoms with Gasteiger partial charge in [-0.25, -0.2) is 4.98 Å². The Hall–Kier alpha value is -2.09. The number of fused-ring (bicyclic) bond motifs is 3. The maximum Gasteiger partial charge on any atom is 0.468 e. The van der Waals surface area contributed by atoms with Gasteiger partial charge in [-0.15, -0.1) is 0 Å². The van der Waals surface area contributed by atoms with Crippen LogP contribution in [0.4, 0.5) is 18.9 Å². The van der Waals surface area contributed by atoms with E-state index in [0.29, 0.717) is 17.5 Å². The Morgan fingerprint density at radius 1 is 1.23 bits per heavy atom. The van der Waals surface area contributed by atoms with Gasteiger partial charge in [0.05, 0.1) is 0 Å². The normalized spacial score (nSPS) is 28.9. The summed E-state index contributed by atoms with van der Waals surface area (Å²) in [5.74, 6) is -0.738. The lowest BCUT2D eigenvalue weighted by atomic mass is 9.65. The number of nitrogens with zero attached hydrogens (tertiary/aromatic N) is 1. The number of amides is 1. The molecule has 8 heteroatoms. The summed E-state index contributed by atoms with van der Waals surface area (Å²) in [6.45, 7) is 0. The van der Waals surface area contributed by atoms with Gasteiger partial charge in [0.1, 0.15) is 5.52 Å². The molecule has 5 nitrogen and oxygen atoms in total. The van der Waals surface area contributed by atoms with Crippen molar-refractivity contribution in [2.24, 2.45) is 23.5 Å². The van der Waals surface area contributed by atoms with Crippen LogP contribution in [0.15, 0.2) is 22.6 Å². The summed E-state index contributed by atoms with van der Waals surface area (Å²) >= 11 is 0. The minimum Gasteiger partial charge on any atom is -0.433 e. The van der Waals surface area contributed by atoms with Crippen molar-refractivity contribution in [3.05, 3.63) is 24.1 Å². The summed E-state index contributed by atoms with van der Waals surface area (Å²) in [4.78, 5) is 16.1. The summed E-state index contributed by atoms with van der Waals surface area (Å²) in [6.07, 6.45) is 0.198. The van der Waals surface area contributed by atoms with Crippen LogP contribution in [-0.2, 0) is 11.0 Å². The van der Waals surface area contributed by atoms with Gasteiger partial charge in [-0.2, -0.15) is 13.2 Å². The van der Waals surface area contributed by atoms with E-state index in [1.54, 1.807) is 0 Å². The average molecular weight is 367 g/mol. The second-order valence-corrected chi connectivity index (χ2v) is 7.39. The molecule has 4 rings (SSSR count). The lowest BCUT2D eigenvalue weighted by Crippen LogP contribution is -2.48. The third-order valence-corrected chi connectivity index (χ3v) is 5.68. The molecule has 2 aliphatic carbocycles. The van der Waals surface area contributed by atoms with Crippen molar-refractivity contribution in [2.75, 3.05) is 5.32 Å². The van der Waals surface area contributed by atoms with Crippen LogP contribution in [0.3, 0.4) is 0 Å². The number of hydrogen-bond acceptors (Lipinski definition) is 4. The maximum atomic E-state index is 12.7. The first-order valence-corrected chi connectivity index (χ1v) is 8.85. The second-order valence-electron chi connectivity index (χ2n) is 7.39. The fourth-order valence-electron chi connectivity index (χ4n) is 4.37. The summed E-state index contributed by atoms with van der Waals surface area (Å²) in [5, 5.41) is 2.81. The first kappa shape index (κ1) is 17.3. The Bertz CT molecular complexity index is 819. The molecule has 2 saturated carbocycles. The molecule has 2 fully saturated rings. The molecule has 1 aromatic carbocycles. The predicted octanol–water partition coefficient (Wildman–Crippen LogP) is 3.94. The largest absolute Gasteiger partial charge is 0.468 e. The average Bonchev–Trinajstić information content (AvgIpc) is 2.98. The van der Waals surface area contributed by atoms with Crippen LogP contribution in [0.25, 0.3) is 11.1 Å². The van der Waals surface area contributed by atoms with Gasteiger partial charge in [-0.1, -0.05) is 6.42 Å². The van der Waals surface area contributed by atoms with Crippen LogP contribution < -0.4 is 11.1 Å². The topological polar surface area (TPSA) is 81.2 Å². The molecule has 2 aromatic rings. The Labute approximate surface area is 148 Å². The highest BCUT2D eigenvalue weighted by atomic mass is 19.4. The second kappa shape index (κ2) is 6.26. The number of carbonyl (C=O) groups is 1. The lowest BCUT2D eigenvalue weighted by Gasteiger charge is -2.43. The maximum absolute atomic E-state index is 12.7. The third-order valence-electron chi connectivity index (χ3n) is 5.68. The summed E-state index contributed by atoms with van der Waals surface area (Å²) in [5.41, 5.74) is 6.78. The lowest BCUT2D eigenvalue weighted by molar-refractivity contribution is -0.156. The van der Waals surface area contributed by atoms with E-state index in [4.69, 9.17) is 10.2 Å². The quantitative estimate of drug-likeness (QED) is 0.842. The van der Waals surface area contributed by atoms with Gasteiger partial charge < -0.3 is 15.5 Å². The molecule has 2 unspecified atom stereocenters.